The zero-order valence-electron chi connectivity index (χ0n) is 12.7. The average Bonchev–Trinajstić information content (AvgIpc) is 2.60. The summed E-state index contributed by atoms with van der Waals surface area (Å²) in [5.41, 5.74) is 2.22. The van der Waals surface area contributed by atoms with E-state index in [0.29, 0.717) is 0 Å². The summed E-state index contributed by atoms with van der Waals surface area (Å²) in [5.74, 6) is 0.812. The molecule has 1 aliphatic heterocycles. The van der Waals surface area contributed by atoms with Crippen molar-refractivity contribution in [3.8, 4) is 17.9 Å². The molecule has 1 fully saturated rings. The molecule has 1 aliphatic rings. The fraction of sp³-hybridized carbons (Fsp3) is 0.333. The van der Waals surface area contributed by atoms with Gasteiger partial charge in [0, 0.05) is 18.8 Å². The predicted molar refractivity (Wildman–Crippen MR) is 85.7 cm³/mol. The van der Waals surface area contributed by atoms with E-state index in [9.17, 15) is 0 Å². The molecule has 0 saturated carbocycles. The topological polar surface area (TPSA) is 60.0 Å². The molecular weight excluding hydrogens is 274 g/mol. The van der Waals surface area contributed by atoms with Crippen LogP contribution in [-0.2, 0) is 0 Å². The maximum absolute atomic E-state index is 8.89. The van der Waals surface area contributed by atoms with Crippen LogP contribution < -0.4 is 4.74 Å². The molecule has 0 amide bonds. The zero-order chi connectivity index (χ0) is 15.8. The van der Waals surface area contributed by atoms with E-state index < -0.39 is 0 Å². The molecule has 22 heavy (non-hydrogen) atoms. The number of likely N-dealkylation sites (tertiary alicyclic amines) is 1. The number of nitriles is 2. The number of allylic oxidation sites excluding steroid dienone is 3. The lowest BCUT2D eigenvalue weighted by Crippen LogP contribution is -2.28. The van der Waals surface area contributed by atoms with Gasteiger partial charge in [-0.05, 0) is 61.2 Å². The van der Waals surface area contributed by atoms with E-state index in [1.807, 2.05) is 42.5 Å². The van der Waals surface area contributed by atoms with Crippen LogP contribution in [0, 0.1) is 22.7 Å². The number of hydrogen-bond acceptors (Lipinski definition) is 4. The minimum atomic E-state index is 0.114. The number of nitrogens with zero attached hydrogens (tertiary/aromatic N) is 3. The normalized spacial score (nSPS) is 14.7. The molecule has 0 unspecified atom stereocenters. The van der Waals surface area contributed by atoms with Gasteiger partial charge < -0.3 is 9.64 Å². The number of ether oxygens (including phenoxy) is 1. The summed E-state index contributed by atoms with van der Waals surface area (Å²) in [5, 5.41) is 17.8. The van der Waals surface area contributed by atoms with Gasteiger partial charge in [0.15, 0.2) is 0 Å². The van der Waals surface area contributed by atoms with E-state index in [4.69, 9.17) is 15.3 Å². The minimum absolute atomic E-state index is 0.114. The first-order chi connectivity index (χ1) is 10.8. The minimum Gasteiger partial charge on any atom is -0.497 e. The fourth-order valence-electron chi connectivity index (χ4n) is 2.54. The van der Waals surface area contributed by atoms with Gasteiger partial charge in [0.2, 0.25) is 0 Å². The number of hydrogen-bond donors (Lipinski definition) is 0. The number of rotatable bonds is 4. The van der Waals surface area contributed by atoms with Gasteiger partial charge in [-0.25, -0.2) is 0 Å². The Hall–Kier alpha value is -2.72. The molecule has 4 nitrogen and oxygen atoms in total. The molecular formula is C18H19N3O. The second-order valence-electron chi connectivity index (χ2n) is 5.13. The van der Waals surface area contributed by atoms with E-state index in [1.165, 1.54) is 19.3 Å². The molecule has 0 bridgehead atoms. The van der Waals surface area contributed by atoms with E-state index in [-0.39, 0.29) is 5.57 Å². The third-order valence-corrected chi connectivity index (χ3v) is 3.73. The third-order valence-electron chi connectivity index (χ3n) is 3.73. The Labute approximate surface area is 131 Å². The quantitative estimate of drug-likeness (QED) is 0.629. The van der Waals surface area contributed by atoms with Crippen molar-refractivity contribution >= 4 is 5.70 Å². The fourth-order valence-corrected chi connectivity index (χ4v) is 2.54. The Kier molecular flexibility index (Phi) is 5.63. The van der Waals surface area contributed by atoms with Gasteiger partial charge in [-0.1, -0.05) is 0 Å². The second-order valence-corrected chi connectivity index (χ2v) is 5.13. The standard InChI is InChI=1S/C18H19N3O/c1-22-17-8-6-16(7-9-17)18(10-5-15(13-19)14-20)21-11-3-2-4-12-21/h5-10H,2-4,11-12H2,1H3. The maximum atomic E-state index is 8.89. The van der Waals surface area contributed by atoms with Crippen molar-refractivity contribution < 1.29 is 4.74 Å². The van der Waals surface area contributed by atoms with Gasteiger partial charge in [0.05, 0.1) is 7.11 Å². The van der Waals surface area contributed by atoms with Crippen LogP contribution in [0.1, 0.15) is 24.8 Å². The third kappa shape index (κ3) is 3.90. The van der Waals surface area contributed by atoms with Gasteiger partial charge in [-0.15, -0.1) is 0 Å². The molecule has 1 saturated heterocycles. The van der Waals surface area contributed by atoms with E-state index in [0.717, 1.165) is 30.1 Å². The molecule has 0 aliphatic carbocycles. The van der Waals surface area contributed by atoms with Crippen molar-refractivity contribution in [3.05, 3.63) is 47.6 Å². The van der Waals surface area contributed by atoms with Crippen LogP contribution in [-0.4, -0.2) is 25.1 Å². The highest BCUT2D eigenvalue weighted by Crippen LogP contribution is 2.25. The van der Waals surface area contributed by atoms with Gasteiger partial charge in [-0.2, -0.15) is 10.5 Å². The average molecular weight is 293 g/mol. The van der Waals surface area contributed by atoms with E-state index in [2.05, 4.69) is 4.90 Å². The molecule has 0 N–H and O–H groups in total. The Morgan fingerprint density at radius 2 is 1.68 bits per heavy atom. The van der Waals surface area contributed by atoms with E-state index in [1.54, 1.807) is 13.2 Å². The summed E-state index contributed by atoms with van der Waals surface area (Å²) in [6, 6.07) is 11.7. The second kappa shape index (κ2) is 7.90. The largest absolute Gasteiger partial charge is 0.497 e. The van der Waals surface area contributed by atoms with Crippen molar-refractivity contribution in [2.45, 2.75) is 19.3 Å². The van der Waals surface area contributed by atoms with Gasteiger partial charge in [-0.3, -0.25) is 0 Å². The van der Waals surface area contributed by atoms with Crippen molar-refractivity contribution in [1.82, 2.24) is 4.90 Å². The van der Waals surface area contributed by atoms with Crippen LogP contribution in [0.15, 0.2) is 42.0 Å². The van der Waals surface area contributed by atoms with Gasteiger partial charge in [0.1, 0.15) is 23.5 Å². The highest BCUT2D eigenvalue weighted by atomic mass is 16.5. The van der Waals surface area contributed by atoms with Crippen LogP contribution in [0.25, 0.3) is 5.70 Å². The smallest absolute Gasteiger partial charge is 0.129 e. The summed E-state index contributed by atoms with van der Waals surface area (Å²) < 4.78 is 5.20. The zero-order valence-corrected chi connectivity index (χ0v) is 12.7. The van der Waals surface area contributed by atoms with Crippen LogP contribution in [0.4, 0.5) is 0 Å². The summed E-state index contributed by atoms with van der Waals surface area (Å²) in [4.78, 5) is 2.31. The van der Waals surface area contributed by atoms with Crippen LogP contribution in [0.3, 0.4) is 0 Å². The van der Waals surface area contributed by atoms with Crippen molar-refractivity contribution in [2.75, 3.05) is 20.2 Å². The maximum Gasteiger partial charge on any atom is 0.129 e. The first-order valence-corrected chi connectivity index (χ1v) is 7.40. The molecule has 112 valence electrons. The van der Waals surface area contributed by atoms with Crippen molar-refractivity contribution in [2.24, 2.45) is 0 Å². The summed E-state index contributed by atoms with van der Waals surface area (Å²) in [6.07, 6.45) is 7.05. The number of piperidine rings is 1. The number of benzene rings is 1. The first-order valence-electron chi connectivity index (χ1n) is 7.40. The lowest BCUT2D eigenvalue weighted by Gasteiger charge is -2.31. The molecule has 1 aromatic carbocycles. The molecule has 1 heterocycles. The highest BCUT2D eigenvalue weighted by Gasteiger charge is 2.14. The molecule has 0 radical (unpaired) electrons. The van der Waals surface area contributed by atoms with Gasteiger partial charge in [0.25, 0.3) is 0 Å². The van der Waals surface area contributed by atoms with Gasteiger partial charge >= 0.3 is 0 Å². The Morgan fingerprint density at radius 1 is 1.05 bits per heavy atom. The molecule has 2 rings (SSSR count). The van der Waals surface area contributed by atoms with E-state index >= 15 is 0 Å². The Balaban J connectivity index is 2.36. The van der Waals surface area contributed by atoms with Crippen LogP contribution >= 0.6 is 0 Å². The summed E-state index contributed by atoms with van der Waals surface area (Å²) in [7, 11) is 1.64. The highest BCUT2D eigenvalue weighted by molar-refractivity contribution is 5.67. The Bertz CT molecular complexity index is 622. The van der Waals surface area contributed by atoms with Crippen molar-refractivity contribution in [3.63, 3.8) is 0 Å². The lowest BCUT2D eigenvalue weighted by atomic mass is 10.1. The summed E-state index contributed by atoms with van der Waals surface area (Å²) >= 11 is 0. The molecule has 0 aromatic heterocycles. The first kappa shape index (κ1) is 15.7. The van der Waals surface area contributed by atoms with Crippen LogP contribution in [0.2, 0.25) is 0 Å². The monoisotopic (exact) mass is 293 g/mol. The predicted octanol–water partition coefficient (Wildman–Crippen LogP) is 3.50. The SMILES string of the molecule is COc1ccc(C(=CC=C(C#N)C#N)N2CCCCC2)cc1. The molecule has 4 heteroatoms. The molecule has 0 spiro atoms. The van der Waals surface area contributed by atoms with Crippen molar-refractivity contribution in [1.29, 1.82) is 10.5 Å². The molecule has 0 atom stereocenters. The van der Waals surface area contributed by atoms with Crippen LogP contribution in [0.5, 0.6) is 5.75 Å². The summed E-state index contributed by atoms with van der Waals surface area (Å²) in [6.45, 7) is 2.00. The molecule has 1 aromatic rings. The Morgan fingerprint density at radius 3 is 2.23 bits per heavy atom. The lowest BCUT2D eigenvalue weighted by molar-refractivity contribution is 0.326. The number of methoxy groups -OCH3 is 1.